The Hall–Kier alpha value is -1.13. The summed E-state index contributed by atoms with van der Waals surface area (Å²) in [5.41, 5.74) is 1.60. The van der Waals surface area contributed by atoms with Crippen molar-refractivity contribution in [1.82, 2.24) is 9.55 Å². The third-order valence-electron chi connectivity index (χ3n) is 3.79. The molecule has 20 heavy (non-hydrogen) atoms. The topological polar surface area (TPSA) is 27.1 Å². The number of hydrogen-bond acceptors (Lipinski definition) is 2. The standard InChI is InChI=1S/C15H18ClFN2O/c1-10(16)15-18-13-5-4-11(17)9-14(13)19(15)7-6-12-3-2-8-20-12/h4-5,9-10,12H,2-3,6-8H2,1H3. The molecular weight excluding hydrogens is 279 g/mol. The molecule has 1 fully saturated rings. The van der Waals surface area contributed by atoms with Crippen LogP contribution in [0, 0.1) is 5.82 Å². The zero-order valence-corrected chi connectivity index (χ0v) is 12.2. The molecule has 1 saturated heterocycles. The van der Waals surface area contributed by atoms with Gasteiger partial charge in [0, 0.05) is 13.2 Å². The number of rotatable bonds is 4. The van der Waals surface area contributed by atoms with Crippen LogP contribution in [-0.2, 0) is 11.3 Å². The Morgan fingerprint density at radius 2 is 2.40 bits per heavy atom. The van der Waals surface area contributed by atoms with Gasteiger partial charge in [0.2, 0.25) is 0 Å². The molecule has 0 N–H and O–H groups in total. The molecule has 1 aliphatic rings. The Morgan fingerprint density at radius 3 is 3.10 bits per heavy atom. The molecule has 1 aromatic heterocycles. The van der Waals surface area contributed by atoms with Crippen molar-refractivity contribution in [2.75, 3.05) is 6.61 Å². The van der Waals surface area contributed by atoms with E-state index < -0.39 is 0 Å². The third-order valence-corrected chi connectivity index (χ3v) is 3.99. The molecule has 1 aromatic carbocycles. The van der Waals surface area contributed by atoms with E-state index in [1.54, 1.807) is 6.07 Å². The van der Waals surface area contributed by atoms with Gasteiger partial charge in [-0.1, -0.05) is 0 Å². The van der Waals surface area contributed by atoms with Crippen molar-refractivity contribution in [1.29, 1.82) is 0 Å². The van der Waals surface area contributed by atoms with Crippen LogP contribution in [0.1, 0.15) is 37.4 Å². The van der Waals surface area contributed by atoms with Gasteiger partial charge in [0.05, 0.1) is 22.5 Å². The predicted molar refractivity (Wildman–Crippen MR) is 77.6 cm³/mol. The van der Waals surface area contributed by atoms with E-state index in [1.807, 2.05) is 11.5 Å². The largest absolute Gasteiger partial charge is 0.378 e. The highest BCUT2D eigenvalue weighted by Crippen LogP contribution is 2.26. The fourth-order valence-corrected chi connectivity index (χ4v) is 2.96. The lowest BCUT2D eigenvalue weighted by atomic mass is 10.2. The Kier molecular flexibility index (Phi) is 3.94. The van der Waals surface area contributed by atoms with Gasteiger partial charge in [-0.05, 0) is 44.4 Å². The molecule has 0 spiro atoms. The molecule has 108 valence electrons. The number of aromatic nitrogens is 2. The molecule has 2 aromatic rings. The zero-order chi connectivity index (χ0) is 14.1. The van der Waals surface area contributed by atoms with Crippen LogP contribution < -0.4 is 0 Å². The van der Waals surface area contributed by atoms with Crippen molar-refractivity contribution in [2.45, 2.75) is 44.2 Å². The molecule has 0 aliphatic carbocycles. The average molecular weight is 297 g/mol. The van der Waals surface area contributed by atoms with E-state index in [1.165, 1.54) is 12.1 Å². The summed E-state index contributed by atoms with van der Waals surface area (Å²) in [5.74, 6) is 0.551. The molecule has 0 radical (unpaired) electrons. The SMILES string of the molecule is CC(Cl)c1nc2ccc(F)cc2n1CCC1CCCO1. The van der Waals surface area contributed by atoms with Crippen LogP contribution in [0.2, 0.25) is 0 Å². The minimum atomic E-state index is -0.246. The Labute approximate surface area is 122 Å². The first kappa shape index (κ1) is 13.8. The third kappa shape index (κ3) is 2.67. The lowest BCUT2D eigenvalue weighted by Crippen LogP contribution is -2.12. The molecule has 0 bridgehead atoms. The van der Waals surface area contributed by atoms with Crippen molar-refractivity contribution in [3.8, 4) is 0 Å². The first-order valence-corrected chi connectivity index (χ1v) is 7.50. The van der Waals surface area contributed by atoms with Crippen molar-refractivity contribution in [2.24, 2.45) is 0 Å². The normalized spacial score (nSPS) is 20.6. The summed E-state index contributed by atoms with van der Waals surface area (Å²) >= 11 is 6.21. The molecule has 0 amide bonds. The monoisotopic (exact) mass is 296 g/mol. The van der Waals surface area contributed by atoms with Crippen LogP contribution in [-0.4, -0.2) is 22.3 Å². The number of fused-ring (bicyclic) bond motifs is 1. The van der Waals surface area contributed by atoms with E-state index in [0.717, 1.165) is 49.3 Å². The van der Waals surface area contributed by atoms with E-state index in [9.17, 15) is 4.39 Å². The number of aryl methyl sites for hydroxylation is 1. The van der Waals surface area contributed by atoms with Crippen LogP contribution in [0.15, 0.2) is 18.2 Å². The maximum absolute atomic E-state index is 13.5. The Bertz CT molecular complexity index is 605. The number of imidazole rings is 1. The van der Waals surface area contributed by atoms with Crippen LogP contribution in [0.3, 0.4) is 0 Å². The van der Waals surface area contributed by atoms with Gasteiger partial charge in [0.1, 0.15) is 11.6 Å². The molecule has 5 heteroatoms. The van der Waals surface area contributed by atoms with Crippen LogP contribution >= 0.6 is 11.6 Å². The van der Waals surface area contributed by atoms with Gasteiger partial charge in [0.15, 0.2) is 0 Å². The summed E-state index contributed by atoms with van der Waals surface area (Å²) in [6, 6.07) is 4.67. The number of benzene rings is 1. The van der Waals surface area contributed by atoms with Gasteiger partial charge in [-0.3, -0.25) is 0 Å². The number of halogens is 2. The summed E-state index contributed by atoms with van der Waals surface area (Å²) in [4.78, 5) is 4.52. The fourth-order valence-electron chi connectivity index (χ4n) is 2.80. The molecule has 2 atom stereocenters. The Balaban J connectivity index is 1.92. The summed E-state index contributed by atoms with van der Waals surface area (Å²) in [6.07, 6.45) is 3.45. The lowest BCUT2D eigenvalue weighted by molar-refractivity contribution is 0.100. The predicted octanol–water partition coefficient (Wildman–Crippen LogP) is 4.04. The molecule has 0 saturated carbocycles. The Morgan fingerprint density at radius 1 is 1.55 bits per heavy atom. The first-order valence-electron chi connectivity index (χ1n) is 7.06. The molecular formula is C15H18ClFN2O. The molecule has 1 aliphatic heterocycles. The fraction of sp³-hybridized carbons (Fsp3) is 0.533. The summed E-state index contributed by atoms with van der Waals surface area (Å²) in [6.45, 7) is 3.50. The second-order valence-corrected chi connectivity index (χ2v) is 5.95. The number of hydrogen-bond donors (Lipinski definition) is 0. The summed E-state index contributed by atoms with van der Waals surface area (Å²) < 4.78 is 21.1. The smallest absolute Gasteiger partial charge is 0.127 e. The summed E-state index contributed by atoms with van der Waals surface area (Å²) in [5, 5.41) is -0.199. The number of alkyl halides is 1. The van der Waals surface area contributed by atoms with Gasteiger partial charge in [0.25, 0.3) is 0 Å². The average Bonchev–Trinajstić information content (AvgIpc) is 3.03. The van der Waals surface area contributed by atoms with Crippen molar-refractivity contribution in [3.05, 3.63) is 29.8 Å². The maximum atomic E-state index is 13.5. The van der Waals surface area contributed by atoms with Crippen molar-refractivity contribution >= 4 is 22.6 Å². The minimum absolute atomic E-state index is 0.199. The minimum Gasteiger partial charge on any atom is -0.378 e. The molecule has 3 rings (SSSR count). The van der Waals surface area contributed by atoms with Crippen LogP contribution in [0.25, 0.3) is 11.0 Å². The van der Waals surface area contributed by atoms with Crippen LogP contribution in [0.5, 0.6) is 0 Å². The first-order chi connectivity index (χ1) is 9.65. The van der Waals surface area contributed by atoms with Gasteiger partial charge in [-0.15, -0.1) is 11.6 Å². The van der Waals surface area contributed by atoms with Gasteiger partial charge in [-0.25, -0.2) is 9.37 Å². The van der Waals surface area contributed by atoms with Gasteiger partial charge in [-0.2, -0.15) is 0 Å². The van der Waals surface area contributed by atoms with E-state index in [4.69, 9.17) is 16.3 Å². The second kappa shape index (κ2) is 5.70. The van der Waals surface area contributed by atoms with E-state index in [0.29, 0.717) is 6.10 Å². The van der Waals surface area contributed by atoms with Gasteiger partial charge >= 0.3 is 0 Å². The van der Waals surface area contributed by atoms with Gasteiger partial charge < -0.3 is 9.30 Å². The van der Waals surface area contributed by atoms with Crippen molar-refractivity contribution < 1.29 is 9.13 Å². The molecule has 3 nitrogen and oxygen atoms in total. The lowest BCUT2D eigenvalue weighted by Gasteiger charge is -2.13. The quantitative estimate of drug-likeness (QED) is 0.796. The number of nitrogens with zero attached hydrogens (tertiary/aromatic N) is 2. The highest BCUT2D eigenvalue weighted by molar-refractivity contribution is 6.20. The second-order valence-electron chi connectivity index (χ2n) is 5.29. The highest BCUT2D eigenvalue weighted by atomic mass is 35.5. The maximum Gasteiger partial charge on any atom is 0.127 e. The van der Waals surface area contributed by atoms with E-state index in [2.05, 4.69) is 4.98 Å². The number of ether oxygens (including phenoxy) is 1. The van der Waals surface area contributed by atoms with E-state index in [-0.39, 0.29) is 11.2 Å². The molecule has 2 heterocycles. The zero-order valence-electron chi connectivity index (χ0n) is 11.5. The van der Waals surface area contributed by atoms with Crippen LogP contribution in [0.4, 0.5) is 4.39 Å². The van der Waals surface area contributed by atoms with Crippen molar-refractivity contribution in [3.63, 3.8) is 0 Å². The highest BCUT2D eigenvalue weighted by Gasteiger charge is 2.19. The molecule has 2 unspecified atom stereocenters. The summed E-state index contributed by atoms with van der Waals surface area (Å²) in [7, 11) is 0. The van der Waals surface area contributed by atoms with E-state index >= 15 is 0 Å².